The van der Waals surface area contributed by atoms with Crippen molar-refractivity contribution < 1.29 is 20.4 Å². The molecule has 0 spiro atoms. The number of rotatable bonds is 10. The largest absolute Gasteiger partial charge is 0.508 e. The van der Waals surface area contributed by atoms with Crippen molar-refractivity contribution in [2.24, 2.45) is 0 Å². The van der Waals surface area contributed by atoms with Gasteiger partial charge in [0.1, 0.15) is 23.0 Å². The Morgan fingerprint density at radius 1 is 0.440 bits per heavy atom. The normalized spacial score (nSPS) is 11.4. The molecular formula is C44H42BrClO4. The minimum absolute atomic E-state index is 0.241. The van der Waals surface area contributed by atoms with Crippen molar-refractivity contribution in [1.29, 1.82) is 0 Å². The number of aromatic hydroxyl groups is 4. The fraction of sp³-hybridized carbons (Fsp3) is 0.182. The van der Waals surface area contributed by atoms with Crippen molar-refractivity contribution in [3.63, 3.8) is 0 Å². The van der Waals surface area contributed by atoms with Gasteiger partial charge in [-0.2, -0.15) is 0 Å². The summed E-state index contributed by atoms with van der Waals surface area (Å²) in [5.74, 6) is 1.01. The first kappa shape index (κ1) is 36.6. The summed E-state index contributed by atoms with van der Waals surface area (Å²) in [6.07, 6.45) is 3.93. The maximum Gasteiger partial charge on any atom is 0.115 e. The molecular weight excluding hydrogens is 708 g/mol. The van der Waals surface area contributed by atoms with Crippen molar-refractivity contribution in [3.8, 4) is 23.0 Å². The molecule has 0 heterocycles. The molecule has 0 aliphatic carbocycles. The summed E-state index contributed by atoms with van der Waals surface area (Å²) < 4.78 is 1.04. The molecule has 4 N–H and O–H groups in total. The van der Waals surface area contributed by atoms with Crippen LogP contribution in [-0.4, -0.2) is 20.4 Å². The Kier molecular flexibility index (Phi) is 11.9. The van der Waals surface area contributed by atoms with Gasteiger partial charge in [-0.1, -0.05) is 127 Å². The molecule has 50 heavy (non-hydrogen) atoms. The number of phenolic OH excluding ortho intramolecular Hbond substituents is 4. The second-order valence-corrected chi connectivity index (χ2v) is 13.8. The minimum atomic E-state index is -0.383. The number of hydrogen-bond donors (Lipinski definition) is 4. The molecule has 0 aliphatic heterocycles. The van der Waals surface area contributed by atoms with E-state index in [1.54, 1.807) is 48.5 Å². The lowest BCUT2D eigenvalue weighted by molar-refractivity contribution is 0.471. The standard InChI is InChI=1S/C23H23BrO2.C21H19ClO2/c1-2-3-16-23(17-4-10-20(24)11-5-17,18-6-12-21(25)13-7-18)19-8-14-22(26)15-9-19;1-2-21(15-3-9-18(22)10-4-15,16-5-11-19(23)12-6-16)17-7-13-20(24)14-8-17/h4-15,25-26H,2-3,16H2,1H3;3-14,23-24H,2H2,1H3. The van der Waals surface area contributed by atoms with Gasteiger partial charge in [0, 0.05) is 20.3 Å². The van der Waals surface area contributed by atoms with Gasteiger partial charge in [0.05, 0.1) is 0 Å². The number of benzene rings is 6. The van der Waals surface area contributed by atoms with Crippen LogP contribution in [0.4, 0.5) is 0 Å². The molecule has 0 aliphatic rings. The van der Waals surface area contributed by atoms with Gasteiger partial charge in [-0.25, -0.2) is 0 Å². The molecule has 6 rings (SSSR count). The van der Waals surface area contributed by atoms with Crippen LogP contribution in [0.2, 0.25) is 5.02 Å². The quantitative estimate of drug-likeness (QED) is 0.105. The second-order valence-electron chi connectivity index (χ2n) is 12.5. The smallest absolute Gasteiger partial charge is 0.115 e. The van der Waals surface area contributed by atoms with E-state index < -0.39 is 0 Å². The molecule has 0 amide bonds. The molecule has 256 valence electrons. The zero-order valence-corrected chi connectivity index (χ0v) is 30.6. The third-order valence-electron chi connectivity index (χ3n) is 9.55. The summed E-state index contributed by atoms with van der Waals surface area (Å²) in [5.41, 5.74) is 6.03. The van der Waals surface area contributed by atoms with Crippen molar-refractivity contribution in [2.45, 2.75) is 50.4 Å². The Hall–Kier alpha value is -4.71. The Morgan fingerprint density at radius 3 is 1.02 bits per heavy atom. The van der Waals surface area contributed by atoms with E-state index in [0.717, 1.165) is 58.0 Å². The summed E-state index contributed by atoms with van der Waals surface area (Å²) in [5, 5.41) is 39.6. The Bertz CT molecular complexity index is 1720. The van der Waals surface area contributed by atoms with Crippen LogP contribution in [0.5, 0.6) is 23.0 Å². The second kappa shape index (κ2) is 16.3. The van der Waals surface area contributed by atoms with Crippen molar-refractivity contribution in [3.05, 3.63) is 188 Å². The maximum absolute atomic E-state index is 9.77. The van der Waals surface area contributed by atoms with Gasteiger partial charge in [0.25, 0.3) is 0 Å². The van der Waals surface area contributed by atoms with E-state index in [1.165, 1.54) is 5.56 Å². The van der Waals surface area contributed by atoms with E-state index in [1.807, 2.05) is 72.8 Å². The highest BCUT2D eigenvalue weighted by molar-refractivity contribution is 9.10. The van der Waals surface area contributed by atoms with Crippen LogP contribution < -0.4 is 0 Å². The van der Waals surface area contributed by atoms with Crippen LogP contribution in [0.1, 0.15) is 72.9 Å². The summed E-state index contributed by atoms with van der Waals surface area (Å²) in [4.78, 5) is 0. The molecule has 6 heteroatoms. The molecule has 0 saturated heterocycles. The van der Waals surface area contributed by atoms with E-state index in [2.05, 4.69) is 54.0 Å². The number of unbranched alkanes of at least 4 members (excludes halogenated alkanes) is 1. The van der Waals surface area contributed by atoms with Crippen LogP contribution in [0, 0.1) is 0 Å². The topological polar surface area (TPSA) is 80.9 Å². The number of phenols is 4. The van der Waals surface area contributed by atoms with Crippen LogP contribution >= 0.6 is 27.5 Å². The van der Waals surface area contributed by atoms with E-state index >= 15 is 0 Å². The molecule has 0 unspecified atom stereocenters. The Morgan fingerprint density at radius 2 is 0.720 bits per heavy atom. The first-order chi connectivity index (χ1) is 24.1. The predicted octanol–water partition coefficient (Wildman–Crippen LogP) is 11.9. The van der Waals surface area contributed by atoms with Crippen LogP contribution in [0.25, 0.3) is 0 Å². The molecule has 0 fully saturated rings. The first-order valence-electron chi connectivity index (χ1n) is 16.8. The van der Waals surface area contributed by atoms with Gasteiger partial charge in [-0.15, -0.1) is 0 Å². The summed E-state index contributed by atoms with van der Waals surface area (Å²) >= 11 is 9.60. The molecule has 4 nitrogen and oxygen atoms in total. The van der Waals surface area contributed by atoms with Crippen molar-refractivity contribution >= 4 is 27.5 Å². The van der Waals surface area contributed by atoms with Gasteiger partial charge in [-0.3, -0.25) is 0 Å². The van der Waals surface area contributed by atoms with E-state index in [-0.39, 0.29) is 33.8 Å². The third-order valence-corrected chi connectivity index (χ3v) is 10.3. The van der Waals surface area contributed by atoms with Crippen molar-refractivity contribution in [2.75, 3.05) is 0 Å². The Labute approximate surface area is 308 Å². The van der Waals surface area contributed by atoms with Gasteiger partial charge in [0.2, 0.25) is 0 Å². The molecule has 0 radical (unpaired) electrons. The summed E-state index contributed by atoms with van der Waals surface area (Å²) in [6, 6.07) is 45.9. The minimum Gasteiger partial charge on any atom is -0.508 e. The molecule has 0 saturated carbocycles. The number of halogens is 2. The highest BCUT2D eigenvalue weighted by atomic mass is 79.9. The lowest BCUT2D eigenvalue weighted by Crippen LogP contribution is -2.29. The predicted molar refractivity (Wildman–Crippen MR) is 208 cm³/mol. The molecule has 6 aromatic carbocycles. The summed E-state index contributed by atoms with van der Waals surface area (Å²) in [6.45, 7) is 4.33. The van der Waals surface area contributed by atoms with E-state index in [9.17, 15) is 20.4 Å². The highest BCUT2D eigenvalue weighted by Gasteiger charge is 2.36. The highest BCUT2D eigenvalue weighted by Crippen LogP contribution is 2.45. The van der Waals surface area contributed by atoms with E-state index in [0.29, 0.717) is 5.02 Å². The van der Waals surface area contributed by atoms with Crippen LogP contribution in [0.3, 0.4) is 0 Å². The zero-order chi connectivity index (χ0) is 35.7. The van der Waals surface area contributed by atoms with Crippen LogP contribution in [0.15, 0.2) is 150 Å². The third kappa shape index (κ3) is 7.85. The monoisotopic (exact) mass is 748 g/mol. The molecule has 0 bridgehead atoms. The lowest BCUT2D eigenvalue weighted by atomic mass is 9.66. The Balaban J connectivity index is 0.000000195. The fourth-order valence-corrected chi connectivity index (χ4v) is 7.33. The lowest BCUT2D eigenvalue weighted by Gasteiger charge is -2.36. The number of hydrogen-bond acceptors (Lipinski definition) is 4. The van der Waals surface area contributed by atoms with Gasteiger partial charge in [0.15, 0.2) is 0 Å². The molecule has 0 atom stereocenters. The van der Waals surface area contributed by atoms with Crippen LogP contribution in [-0.2, 0) is 10.8 Å². The van der Waals surface area contributed by atoms with Crippen molar-refractivity contribution in [1.82, 2.24) is 0 Å². The zero-order valence-electron chi connectivity index (χ0n) is 28.2. The average Bonchev–Trinajstić information content (AvgIpc) is 3.13. The first-order valence-corrected chi connectivity index (χ1v) is 18.0. The SMILES string of the molecule is CCC(c1ccc(O)cc1)(c1ccc(O)cc1)c1ccc(Cl)cc1.CCCCC(c1ccc(O)cc1)(c1ccc(O)cc1)c1ccc(Br)cc1. The van der Waals surface area contributed by atoms with E-state index in [4.69, 9.17) is 11.6 Å². The maximum atomic E-state index is 9.77. The summed E-state index contributed by atoms with van der Waals surface area (Å²) in [7, 11) is 0. The fourth-order valence-electron chi connectivity index (χ4n) is 6.94. The average molecular weight is 750 g/mol. The van der Waals surface area contributed by atoms with Gasteiger partial charge >= 0.3 is 0 Å². The molecule has 0 aromatic heterocycles. The molecule has 6 aromatic rings. The van der Waals surface area contributed by atoms with Gasteiger partial charge in [-0.05, 0) is 119 Å². The van der Waals surface area contributed by atoms with Gasteiger partial charge < -0.3 is 20.4 Å².